The SMILES string of the molecule is CCCCCCCCCCCCCCCCC(Cc1ccccc1)C(CCC)[n+]1cc[nH]c1. The van der Waals surface area contributed by atoms with Crippen LogP contribution in [0, 0.1) is 5.92 Å². The van der Waals surface area contributed by atoms with Crippen LogP contribution in [0.5, 0.6) is 0 Å². The number of imidazole rings is 1. The van der Waals surface area contributed by atoms with Gasteiger partial charge in [0, 0.05) is 5.92 Å². The van der Waals surface area contributed by atoms with Gasteiger partial charge in [-0.2, -0.15) is 0 Å². The minimum Gasteiger partial charge on any atom is -0.250 e. The first kappa shape index (κ1) is 27.7. The average molecular weight is 454 g/mol. The lowest BCUT2D eigenvalue weighted by Gasteiger charge is -2.25. The molecule has 0 fully saturated rings. The van der Waals surface area contributed by atoms with Crippen LogP contribution in [0.3, 0.4) is 0 Å². The molecule has 2 heteroatoms. The molecule has 1 N–H and O–H groups in total. The summed E-state index contributed by atoms with van der Waals surface area (Å²) in [6, 6.07) is 11.7. The second-order valence-electron chi connectivity index (χ2n) is 10.2. The van der Waals surface area contributed by atoms with Gasteiger partial charge in [-0.3, -0.25) is 4.98 Å². The molecule has 2 aromatic rings. The molecule has 2 nitrogen and oxygen atoms in total. The third-order valence-electron chi connectivity index (χ3n) is 7.35. The Hall–Kier alpha value is -1.57. The molecule has 0 aliphatic rings. The molecule has 2 atom stereocenters. The molecule has 1 heterocycles. The van der Waals surface area contributed by atoms with Gasteiger partial charge in [0.25, 0.3) is 0 Å². The van der Waals surface area contributed by atoms with Crippen molar-refractivity contribution in [1.29, 1.82) is 0 Å². The summed E-state index contributed by atoms with van der Waals surface area (Å²) in [6.07, 6.45) is 31.6. The van der Waals surface area contributed by atoms with E-state index in [-0.39, 0.29) is 0 Å². The number of hydrogen-bond acceptors (Lipinski definition) is 0. The largest absolute Gasteiger partial charge is 0.250 e. The van der Waals surface area contributed by atoms with Crippen LogP contribution in [-0.2, 0) is 6.42 Å². The molecule has 1 aromatic carbocycles. The van der Waals surface area contributed by atoms with Gasteiger partial charge < -0.3 is 0 Å². The van der Waals surface area contributed by atoms with Crippen molar-refractivity contribution in [2.24, 2.45) is 5.92 Å². The minimum absolute atomic E-state index is 0.600. The van der Waals surface area contributed by atoms with Gasteiger partial charge in [-0.05, 0) is 24.8 Å². The second-order valence-corrected chi connectivity index (χ2v) is 10.2. The summed E-state index contributed by atoms with van der Waals surface area (Å²) in [5, 5.41) is 0. The first-order chi connectivity index (χ1) is 16.3. The monoisotopic (exact) mass is 453 g/mol. The summed E-state index contributed by atoms with van der Waals surface area (Å²) in [6.45, 7) is 4.63. The number of benzene rings is 1. The van der Waals surface area contributed by atoms with E-state index >= 15 is 0 Å². The highest BCUT2D eigenvalue weighted by atomic mass is 15.1. The van der Waals surface area contributed by atoms with Crippen molar-refractivity contribution < 1.29 is 4.57 Å². The molecule has 0 spiro atoms. The summed E-state index contributed by atoms with van der Waals surface area (Å²) >= 11 is 0. The number of hydrogen-bond donors (Lipinski definition) is 1. The van der Waals surface area contributed by atoms with E-state index in [1.54, 1.807) is 0 Å². The van der Waals surface area contributed by atoms with Gasteiger partial charge in [0.2, 0.25) is 6.33 Å². The number of H-pyrrole nitrogens is 1. The number of aromatic nitrogens is 2. The normalized spacial score (nSPS) is 13.3. The van der Waals surface area contributed by atoms with Crippen LogP contribution >= 0.6 is 0 Å². The first-order valence-corrected chi connectivity index (χ1v) is 14.4. The Morgan fingerprint density at radius 1 is 0.667 bits per heavy atom. The number of unbranched alkanes of at least 4 members (excludes halogenated alkanes) is 13. The lowest BCUT2D eigenvalue weighted by atomic mass is 9.85. The van der Waals surface area contributed by atoms with Gasteiger partial charge in [0.15, 0.2) is 0 Å². The first-order valence-electron chi connectivity index (χ1n) is 14.4. The smallest absolute Gasteiger partial charge is 0.241 e. The van der Waals surface area contributed by atoms with Gasteiger partial charge >= 0.3 is 0 Å². The second kappa shape index (κ2) is 18.8. The number of rotatable bonds is 21. The van der Waals surface area contributed by atoms with Gasteiger partial charge in [0.1, 0.15) is 18.4 Å². The maximum Gasteiger partial charge on any atom is 0.241 e. The van der Waals surface area contributed by atoms with E-state index < -0.39 is 0 Å². The van der Waals surface area contributed by atoms with E-state index in [0.717, 1.165) is 0 Å². The Bertz CT molecular complexity index is 649. The molecule has 0 saturated carbocycles. The molecule has 2 rings (SSSR count). The van der Waals surface area contributed by atoms with E-state index in [2.05, 4.69) is 72.5 Å². The molecular formula is C31H53N2+. The van der Waals surface area contributed by atoms with Crippen molar-refractivity contribution in [3.63, 3.8) is 0 Å². The van der Waals surface area contributed by atoms with Crippen LogP contribution in [0.2, 0.25) is 0 Å². The molecule has 1 aromatic heterocycles. The lowest BCUT2D eigenvalue weighted by molar-refractivity contribution is -0.730. The van der Waals surface area contributed by atoms with Crippen LogP contribution < -0.4 is 4.57 Å². The summed E-state index contributed by atoms with van der Waals surface area (Å²) in [5.74, 6) is 0.713. The van der Waals surface area contributed by atoms with Crippen LogP contribution in [0.4, 0.5) is 0 Å². The van der Waals surface area contributed by atoms with Crippen LogP contribution in [-0.4, -0.2) is 4.98 Å². The highest BCUT2D eigenvalue weighted by Gasteiger charge is 2.26. The molecule has 0 bridgehead atoms. The van der Waals surface area contributed by atoms with Crippen molar-refractivity contribution in [3.8, 4) is 0 Å². The van der Waals surface area contributed by atoms with Gasteiger partial charge in [-0.15, -0.1) is 0 Å². The highest BCUT2D eigenvalue weighted by Crippen LogP contribution is 2.28. The maximum absolute atomic E-state index is 3.27. The maximum atomic E-state index is 3.27. The standard InChI is InChI=1S/C31H52N2/c1-3-5-6-7-8-9-10-11-12-13-14-15-16-20-24-30(27-29-22-18-17-19-23-29)31(21-4-2)33-26-25-32-28-33/h17-19,22-23,25-26,28,30-31H,3-16,20-21,24,27H2,1-2H3/p+1. The molecule has 33 heavy (non-hydrogen) atoms. The van der Waals surface area contributed by atoms with Crippen molar-refractivity contribution in [1.82, 2.24) is 4.98 Å². The number of aromatic amines is 1. The zero-order valence-electron chi connectivity index (χ0n) is 21.9. The van der Waals surface area contributed by atoms with Crippen molar-refractivity contribution >= 4 is 0 Å². The summed E-state index contributed by atoms with van der Waals surface area (Å²) in [5.41, 5.74) is 1.49. The van der Waals surface area contributed by atoms with Crippen LogP contribution in [0.1, 0.15) is 135 Å². The zero-order valence-corrected chi connectivity index (χ0v) is 21.9. The summed E-state index contributed by atoms with van der Waals surface area (Å²) in [7, 11) is 0. The van der Waals surface area contributed by atoms with E-state index in [0.29, 0.717) is 12.0 Å². The van der Waals surface area contributed by atoms with Gasteiger partial charge in [-0.1, -0.05) is 140 Å². The summed E-state index contributed by atoms with van der Waals surface area (Å²) < 4.78 is 2.43. The van der Waals surface area contributed by atoms with Gasteiger partial charge in [0.05, 0.1) is 0 Å². The van der Waals surface area contributed by atoms with E-state index in [1.165, 1.54) is 121 Å². The fraction of sp³-hybridized carbons (Fsp3) is 0.710. The highest BCUT2D eigenvalue weighted by molar-refractivity contribution is 5.15. The third-order valence-corrected chi connectivity index (χ3v) is 7.35. The summed E-state index contributed by atoms with van der Waals surface area (Å²) in [4.78, 5) is 3.27. The topological polar surface area (TPSA) is 19.7 Å². The lowest BCUT2D eigenvalue weighted by Crippen LogP contribution is -2.42. The van der Waals surface area contributed by atoms with E-state index in [9.17, 15) is 0 Å². The fourth-order valence-electron chi connectivity index (χ4n) is 5.38. The molecule has 0 amide bonds. The van der Waals surface area contributed by atoms with Crippen molar-refractivity contribution in [2.75, 3.05) is 0 Å². The Morgan fingerprint density at radius 2 is 1.24 bits per heavy atom. The van der Waals surface area contributed by atoms with E-state index in [1.807, 2.05) is 0 Å². The van der Waals surface area contributed by atoms with Gasteiger partial charge in [-0.25, -0.2) is 4.57 Å². The quantitative estimate of drug-likeness (QED) is 0.143. The van der Waals surface area contributed by atoms with E-state index in [4.69, 9.17) is 0 Å². The average Bonchev–Trinajstić information content (AvgIpc) is 3.37. The number of nitrogens with one attached hydrogen (secondary N) is 1. The molecule has 0 radical (unpaired) electrons. The predicted molar refractivity (Wildman–Crippen MR) is 143 cm³/mol. The Labute approximate surface area is 205 Å². The minimum atomic E-state index is 0.600. The third kappa shape index (κ3) is 12.5. The Kier molecular flexibility index (Phi) is 15.8. The Balaban J connectivity index is 1.63. The zero-order chi connectivity index (χ0) is 23.4. The molecule has 0 saturated heterocycles. The fourth-order valence-corrected chi connectivity index (χ4v) is 5.38. The molecule has 186 valence electrons. The Morgan fingerprint density at radius 3 is 1.76 bits per heavy atom. The number of nitrogens with zero attached hydrogens (tertiary/aromatic N) is 1. The molecule has 0 aliphatic heterocycles. The van der Waals surface area contributed by atoms with Crippen molar-refractivity contribution in [2.45, 2.75) is 135 Å². The van der Waals surface area contributed by atoms with Crippen molar-refractivity contribution in [3.05, 3.63) is 54.6 Å². The van der Waals surface area contributed by atoms with Crippen LogP contribution in [0.25, 0.3) is 0 Å². The van der Waals surface area contributed by atoms with Crippen LogP contribution in [0.15, 0.2) is 49.1 Å². The molecule has 0 aliphatic carbocycles. The molecular weight excluding hydrogens is 400 g/mol. The molecule has 2 unspecified atom stereocenters. The predicted octanol–water partition coefficient (Wildman–Crippen LogP) is 9.37.